The van der Waals surface area contributed by atoms with Crippen molar-refractivity contribution < 1.29 is 14.6 Å². The van der Waals surface area contributed by atoms with Crippen molar-refractivity contribution in [3.05, 3.63) is 23.8 Å². The van der Waals surface area contributed by atoms with Crippen LogP contribution in [0.3, 0.4) is 0 Å². The molecule has 1 aromatic carbocycles. The number of ether oxygens (including phenoxy) is 1. The molecule has 110 valence electrons. The first kappa shape index (κ1) is 14.7. The van der Waals surface area contributed by atoms with Crippen LogP contribution >= 0.6 is 0 Å². The number of rotatable bonds is 4. The number of nitrogen functional groups attached to an aromatic ring is 1. The van der Waals surface area contributed by atoms with E-state index in [1.165, 1.54) is 0 Å². The molecule has 0 heterocycles. The molecule has 4 N–H and O–H groups in total. The minimum atomic E-state index is -0.202. The standard InChI is InChI=1S/C15H22N2O3/c1-20-11-6-7-13(16)12(8-11)15(19)17-14-5-3-2-4-10(14)9-18/h6-8,10,14,18H,2-5,9,16H2,1H3,(H,17,19). The summed E-state index contributed by atoms with van der Waals surface area (Å²) in [6, 6.07) is 5.05. The molecular formula is C15H22N2O3. The van der Waals surface area contributed by atoms with Crippen LogP contribution in [0.5, 0.6) is 5.75 Å². The van der Waals surface area contributed by atoms with Gasteiger partial charge < -0.3 is 20.9 Å². The molecule has 1 aliphatic rings. The maximum atomic E-state index is 12.3. The maximum Gasteiger partial charge on any atom is 0.253 e. The zero-order chi connectivity index (χ0) is 14.5. The first-order valence-corrected chi connectivity index (χ1v) is 7.01. The Hall–Kier alpha value is -1.75. The van der Waals surface area contributed by atoms with Gasteiger partial charge in [-0.1, -0.05) is 12.8 Å². The Labute approximate surface area is 119 Å². The Morgan fingerprint density at radius 3 is 2.90 bits per heavy atom. The smallest absolute Gasteiger partial charge is 0.253 e. The number of carbonyl (C=O) groups excluding carboxylic acids is 1. The van der Waals surface area contributed by atoms with Gasteiger partial charge in [0.2, 0.25) is 0 Å². The number of nitrogens with two attached hydrogens (primary N) is 1. The number of aliphatic hydroxyl groups excluding tert-OH is 1. The summed E-state index contributed by atoms with van der Waals surface area (Å²) in [5.41, 5.74) is 6.70. The zero-order valence-corrected chi connectivity index (χ0v) is 11.8. The molecule has 2 atom stereocenters. The topological polar surface area (TPSA) is 84.6 Å². The molecular weight excluding hydrogens is 256 g/mol. The molecule has 1 amide bonds. The van der Waals surface area contributed by atoms with Gasteiger partial charge in [-0.05, 0) is 31.0 Å². The molecule has 0 spiro atoms. The van der Waals surface area contributed by atoms with Crippen LogP contribution in [0.1, 0.15) is 36.0 Å². The fourth-order valence-corrected chi connectivity index (χ4v) is 2.72. The van der Waals surface area contributed by atoms with Gasteiger partial charge in [-0.2, -0.15) is 0 Å². The van der Waals surface area contributed by atoms with E-state index in [-0.39, 0.29) is 24.5 Å². The van der Waals surface area contributed by atoms with Gasteiger partial charge in [-0.3, -0.25) is 4.79 Å². The molecule has 1 aromatic rings. The van der Waals surface area contributed by atoms with Gasteiger partial charge in [0.1, 0.15) is 5.75 Å². The van der Waals surface area contributed by atoms with Gasteiger partial charge >= 0.3 is 0 Å². The Morgan fingerprint density at radius 1 is 1.45 bits per heavy atom. The van der Waals surface area contributed by atoms with E-state index in [2.05, 4.69) is 5.32 Å². The average molecular weight is 278 g/mol. The second kappa shape index (κ2) is 6.61. The van der Waals surface area contributed by atoms with E-state index in [1.54, 1.807) is 25.3 Å². The van der Waals surface area contributed by atoms with E-state index >= 15 is 0 Å². The van der Waals surface area contributed by atoms with Crippen molar-refractivity contribution in [2.24, 2.45) is 5.92 Å². The molecule has 0 bridgehead atoms. The Bertz CT molecular complexity index is 476. The highest BCUT2D eigenvalue weighted by atomic mass is 16.5. The van der Waals surface area contributed by atoms with Crippen molar-refractivity contribution in [2.75, 3.05) is 19.5 Å². The minimum Gasteiger partial charge on any atom is -0.497 e. The van der Waals surface area contributed by atoms with Crippen LogP contribution in [0, 0.1) is 5.92 Å². The van der Waals surface area contributed by atoms with Crippen LogP contribution in [-0.2, 0) is 0 Å². The van der Waals surface area contributed by atoms with Crippen LogP contribution < -0.4 is 15.8 Å². The van der Waals surface area contributed by atoms with Crippen molar-refractivity contribution >= 4 is 11.6 Å². The van der Waals surface area contributed by atoms with Crippen molar-refractivity contribution in [3.63, 3.8) is 0 Å². The van der Waals surface area contributed by atoms with Crippen molar-refractivity contribution in [1.82, 2.24) is 5.32 Å². The molecule has 0 aromatic heterocycles. The summed E-state index contributed by atoms with van der Waals surface area (Å²) in [6.07, 6.45) is 4.05. The van der Waals surface area contributed by atoms with Crippen LogP contribution in [0.4, 0.5) is 5.69 Å². The largest absolute Gasteiger partial charge is 0.497 e. The lowest BCUT2D eigenvalue weighted by atomic mass is 9.85. The zero-order valence-electron chi connectivity index (χ0n) is 11.8. The van der Waals surface area contributed by atoms with Gasteiger partial charge in [0.05, 0.1) is 12.7 Å². The normalized spacial score (nSPS) is 22.3. The second-order valence-corrected chi connectivity index (χ2v) is 5.26. The highest BCUT2D eigenvalue weighted by molar-refractivity contribution is 5.99. The van der Waals surface area contributed by atoms with Gasteiger partial charge in [0, 0.05) is 24.3 Å². The molecule has 0 radical (unpaired) electrons. The van der Waals surface area contributed by atoms with Gasteiger partial charge in [0.25, 0.3) is 5.91 Å². The van der Waals surface area contributed by atoms with Crippen LogP contribution in [-0.4, -0.2) is 30.8 Å². The van der Waals surface area contributed by atoms with Crippen molar-refractivity contribution in [3.8, 4) is 5.75 Å². The predicted octanol–water partition coefficient (Wildman–Crippen LogP) is 1.56. The number of hydrogen-bond donors (Lipinski definition) is 3. The molecule has 20 heavy (non-hydrogen) atoms. The number of carbonyl (C=O) groups is 1. The van der Waals surface area contributed by atoms with Crippen LogP contribution in [0.25, 0.3) is 0 Å². The van der Waals surface area contributed by atoms with Crippen LogP contribution in [0.2, 0.25) is 0 Å². The lowest BCUT2D eigenvalue weighted by Crippen LogP contribution is -2.43. The van der Waals surface area contributed by atoms with Crippen molar-refractivity contribution in [1.29, 1.82) is 0 Å². The summed E-state index contributed by atoms with van der Waals surface area (Å²) in [5, 5.41) is 12.4. The van der Waals surface area contributed by atoms with Gasteiger partial charge in [-0.25, -0.2) is 0 Å². The van der Waals surface area contributed by atoms with E-state index in [4.69, 9.17) is 10.5 Å². The minimum absolute atomic E-state index is 0.0202. The third-order valence-electron chi connectivity index (χ3n) is 3.97. The number of hydrogen-bond acceptors (Lipinski definition) is 4. The molecule has 5 nitrogen and oxygen atoms in total. The summed E-state index contributed by atoms with van der Waals surface area (Å²) in [6.45, 7) is 0.110. The molecule has 1 fully saturated rings. The first-order chi connectivity index (χ1) is 9.65. The molecule has 2 rings (SSSR count). The third-order valence-corrected chi connectivity index (χ3v) is 3.97. The quantitative estimate of drug-likeness (QED) is 0.730. The lowest BCUT2D eigenvalue weighted by molar-refractivity contribution is 0.0873. The summed E-state index contributed by atoms with van der Waals surface area (Å²) in [7, 11) is 1.55. The SMILES string of the molecule is COc1ccc(N)c(C(=O)NC2CCCCC2CO)c1. The second-order valence-electron chi connectivity index (χ2n) is 5.26. The number of methoxy groups -OCH3 is 1. The van der Waals surface area contributed by atoms with E-state index in [1.807, 2.05) is 0 Å². The molecule has 1 aliphatic carbocycles. The van der Waals surface area contributed by atoms with E-state index in [0.29, 0.717) is 17.0 Å². The fourth-order valence-electron chi connectivity index (χ4n) is 2.72. The Morgan fingerprint density at radius 2 is 2.20 bits per heavy atom. The summed E-state index contributed by atoms with van der Waals surface area (Å²) < 4.78 is 5.12. The molecule has 5 heteroatoms. The maximum absolute atomic E-state index is 12.3. The summed E-state index contributed by atoms with van der Waals surface area (Å²) in [5.74, 6) is 0.540. The lowest BCUT2D eigenvalue weighted by Gasteiger charge is -2.31. The highest BCUT2D eigenvalue weighted by Gasteiger charge is 2.26. The Balaban J connectivity index is 2.11. The molecule has 2 unspecified atom stereocenters. The number of amides is 1. The number of anilines is 1. The summed E-state index contributed by atoms with van der Waals surface area (Å²) >= 11 is 0. The number of aliphatic hydroxyl groups is 1. The predicted molar refractivity (Wildman–Crippen MR) is 77.7 cm³/mol. The first-order valence-electron chi connectivity index (χ1n) is 7.01. The van der Waals surface area contributed by atoms with E-state index in [9.17, 15) is 9.90 Å². The van der Waals surface area contributed by atoms with E-state index < -0.39 is 0 Å². The van der Waals surface area contributed by atoms with Gasteiger partial charge in [0.15, 0.2) is 0 Å². The van der Waals surface area contributed by atoms with Crippen molar-refractivity contribution in [2.45, 2.75) is 31.7 Å². The molecule has 1 saturated carbocycles. The highest BCUT2D eigenvalue weighted by Crippen LogP contribution is 2.25. The third kappa shape index (κ3) is 3.22. The number of nitrogens with one attached hydrogen (secondary N) is 1. The van der Waals surface area contributed by atoms with Crippen LogP contribution in [0.15, 0.2) is 18.2 Å². The number of benzene rings is 1. The monoisotopic (exact) mass is 278 g/mol. The molecule has 0 saturated heterocycles. The summed E-state index contributed by atoms with van der Waals surface area (Å²) in [4.78, 5) is 12.3. The van der Waals surface area contributed by atoms with Gasteiger partial charge in [-0.15, -0.1) is 0 Å². The molecule has 0 aliphatic heterocycles. The average Bonchev–Trinajstić information content (AvgIpc) is 2.48. The Kier molecular flexibility index (Phi) is 4.84. The fraction of sp³-hybridized carbons (Fsp3) is 0.533. The van der Waals surface area contributed by atoms with E-state index in [0.717, 1.165) is 25.7 Å².